The van der Waals surface area contributed by atoms with E-state index < -0.39 is 0 Å². The van der Waals surface area contributed by atoms with Crippen LogP contribution in [0, 0.1) is 11.3 Å². The molecule has 4 unspecified atom stereocenters. The molecule has 2 aliphatic carbocycles. The Morgan fingerprint density at radius 2 is 1.85 bits per heavy atom. The van der Waals surface area contributed by atoms with E-state index >= 15 is 0 Å². The Morgan fingerprint density at radius 3 is 2.65 bits per heavy atom. The maximum absolute atomic E-state index is 3.90. The highest BCUT2D eigenvalue weighted by molar-refractivity contribution is 5.05. The summed E-state index contributed by atoms with van der Waals surface area (Å²) in [4.78, 5) is 2.94. The van der Waals surface area contributed by atoms with E-state index in [9.17, 15) is 0 Å². The summed E-state index contributed by atoms with van der Waals surface area (Å²) < 4.78 is 0. The summed E-state index contributed by atoms with van der Waals surface area (Å²) in [5, 5.41) is 3.90. The van der Waals surface area contributed by atoms with Crippen molar-refractivity contribution in [3.05, 3.63) is 0 Å². The lowest BCUT2D eigenvalue weighted by molar-refractivity contribution is 0.102. The van der Waals surface area contributed by atoms with Gasteiger partial charge in [0.2, 0.25) is 0 Å². The van der Waals surface area contributed by atoms with Crippen LogP contribution in [-0.2, 0) is 0 Å². The Hall–Kier alpha value is -0.0800. The summed E-state index contributed by atoms with van der Waals surface area (Å²) in [6.07, 6.45) is 11.5. The first-order valence-electron chi connectivity index (χ1n) is 9.12. The molecule has 1 N–H and O–H groups in total. The molecule has 1 aliphatic heterocycles. The van der Waals surface area contributed by atoms with Crippen molar-refractivity contribution in [2.24, 2.45) is 11.3 Å². The molecule has 0 amide bonds. The fourth-order valence-corrected chi connectivity index (χ4v) is 5.29. The van der Waals surface area contributed by atoms with Crippen molar-refractivity contribution in [2.75, 3.05) is 13.1 Å². The van der Waals surface area contributed by atoms with E-state index in [0.29, 0.717) is 11.5 Å². The Kier molecular flexibility index (Phi) is 4.42. The minimum absolute atomic E-state index is 0.479. The lowest BCUT2D eigenvalue weighted by atomic mass is 9.83. The zero-order valence-electron chi connectivity index (χ0n) is 13.8. The number of hydrogen-bond donors (Lipinski definition) is 1. The van der Waals surface area contributed by atoms with Gasteiger partial charge in [0.25, 0.3) is 0 Å². The van der Waals surface area contributed by atoms with Crippen LogP contribution in [0.15, 0.2) is 0 Å². The average molecular weight is 278 g/mol. The van der Waals surface area contributed by atoms with Crippen LogP contribution < -0.4 is 5.32 Å². The first-order chi connectivity index (χ1) is 9.63. The van der Waals surface area contributed by atoms with Crippen molar-refractivity contribution in [3.8, 4) is 0 Å². The second kappa shape index (κ2) is 5.96. The molecule has 0 aromatic heterocycles. The quantitative estimate of drug-likeness (QED) is 0.841. The van der Waals surface area contributed by atoms with Gasteiger partial charge < -0.3 is 5.32 Å². The molecule has 0 aromatic rings. The first kappa shape index (κ1) is 14.8. The molecule has 0 spiro atoms. The number of fused-ring (bicyclic) bond motifs is 1. The number of hydrogen-bond acceptors (Lipinski definition) is 2. The molecule has 3 aliphatic rings. The van der Waals surface area contributed by atoms with Crippen molar-refractivity contribution < 1.29 is 0 Å². The SMILES string of the molecule is CCCNC1C(N2CCC3CCCCC32)CCC1(C)C. The minimum atomic E-state index is 0.479. The standard InChI is InChI=1S/C18H34N2/c1-4-12-19-17-16(9-11-18(17,2)3)20-13-10-14-7-5-6-8-15(14)20/h14-17,19H,4-13H2,1-3H3. The number of nitrogens with zero attached hydrogens (tertiary/aromatic N) is 1. The Morgan fingerprint density at radius 1 is 1.05 bits per heavy atom. The van der Waals surface area contributed by atoms with Gasteiger partial charge in [-0.25, -0.2) is 0 Å². The third-order valence-corrected chi connectivity index (χ3v) is 6.40. The van der Waals surface area contributed by atoms with Gasteiger partial charge in [0.15, 0.2) is 0 Å². The minimum Gasteiger partial charge on any atom is -0.312 e. The fraction of sp³-hybridized carbons (Fsp3) is 1.00. The third kappa shape index (κ3) is 2.66. The zero-order valence-corrected chi connectivity index (χ0v) is 13.8. The van der Waals surface area contributed by atoms with Gasteiger partial charge in [0, 0.05) is 18.1 Å². The van der Waals surface area contributed by atoms with Gasteiger partial charge in [0.05, 0.1) is 0 Å². The lowest BCUT2D eigenvalue weighted by Gasteiger charge is -2.41. The molecule has 0 radical (unpaired) electrons. The largest absolute Gasteiger partial charge is 0.312 e. The van der Waals surface area contributed by atoms with Gasteiger partial charge in [-0.2, -0.15) is 0 Å². The lowest BCUT2D eigenvalue weighted by Crippen LogP contribution is -2.54. The molecule has 3 rings (SSSR count). The highest BCUT2D eigenvalue weighted by Crippen LogP contribution is 2.45. The predicted octanol–water partition coefficient (Wildman–Crippen LogP) is 3.81. The van der Waals surface area contributed by atoms with Gasteiger partial charge in [-0.05, 0) is 62.9 Å². The number of rotatable bonds is 4. The van der Waals surface area contributed by atoms with Gasteiger partial charge in [-0.3, -0.25) is 4.90 Å². The maximum atomic E-state index is 3.90. The average Bonchev–Trinajstić information content (AvgIpc) is 2.97. The van der Waals surface area contributed by atoms with Gasteiger partial charge in [0.1, 0.15) is 0 Å². The normalized spacial score (nSPS) is 41.0. The molecule has 2 saturated carbocycles. The Balaban J connectivity index is 1.71. The second-order valence-corrected chi connectivity index (χ2v) is 8.16. The van der Waals surface area contributed by atoms with Gasteiger partial charge >= 0.3 is 0 Å². The zero-order chi connectivity index (χ0) is 14.2. The Labute approximate surface area is 125 Å². The van der Waals surface area contributed by atoms with E-state index in [1.54, 1.807) is 0 Å². The van der Waals surface area contributed by atoms with Crippen LogP contribution in [0.2, 0.25) is 0 Å². The fourth-order valence-electron chi connectivity index (χ4n) is 5.29. The molecule has 2 nitrogen and oxygen atoms in total. The highest BCUT2D eigenvalue weighted by atomic mass is 15.2. The van der Waals surface area contributed by atoms with E-state index in [1.165, 1.54) is 64.5 Å². The maximum Gasteiger partial charge on any atom is 0.0274 e. The van der Waals surface area contributed by atoms with Gasteiger partial charge in [-0.15, -0.1) is 0 Å². The monoisotopic (exact) mass is 278 g/mol. The molecular weight excluding hydrogens is 244 g/mol. The molecule has 116 valence electrons. The summed E-state index contributed by atoms with van der Waals surface area (Å²) in [5.41, 5.74) is 0.479. The molecule has 0 aromatic carbocycles. The Bertz CT molecular complexity index is 325. The van der Waals surface area contributed by atoms with Crippen molar-refractivity contribution in [1.82, 2.24) is 10.2 Å². The van der Waals surface area contributed by atoms with Crippen LogP contribution in [0.25, 0.3) is 0 Å². The first-order valence-corrected chi connectivity index (χ1v) is 9.12. The second-order valence-electron chi connectivity index (χ2n) is 8.16. The predicted molar refractivity (Wildman–Crippen MR) is 86.0 cm³/mol. The summed E-state index contributed by atoms with van der Waals surface area (Å²) in [5.74, 6) is 1.03. The van der Waals surface area contributed by atoms with Crippen molar-refractivity contribution in [1.29, 1.82) is 0 Å². The summed E-state index contributed by atoms with van der Waals surface area (Å²) in [6.45, 7) is 9.81. The van der Waals surface area contributed by atoms with Crippen LogP contribution in [0.1, 0.15) is 72.1 Å². The van der Waals surface area contributed by atoms with E-state index in [4.69, 9.17) is 0 Å². The third-order valence-electron chi connectivity index (χ3n) is 6.40. The molecule has 0 bridgehead atoms. The smallest absolute Gasteiger partial charge is 0.0274 e. The molecule has 1 saturated heterocycles. The molecule has 4 atom stereocenters. The van der Waals surface area contributed by atoms with Crippen LogP contribution in [0.5, 0.6) is 0 Å². The summed E-state index contributed by atoms with van der Waals surface area (Å²) in [6, 6.07) is 2.45. The van der Waals surface area contributed by atoms with Crippen molar-refractivity contribution in [3.63, 3.8) is 0 Å². The molecule has 2 heteroatoms. The number of nitrogens with one attached hydrogen (secondary N) is 1. The van der Waals surface area contributed by atoms with Crippen LogP contribution in [0.3, 0.4) is 0 Å². The van der Waals surface area contributed by atoms with E-state index in [1.807, 2.05) is 0 Å². The van der Waals surface area contributed by atoms with Crippen LogP contribution >= 0.6 is 0 Å². The van der Waals surface area contributed by atoms with E-state index in [-0.39, 0.29) is 0 Å². The van der Waals surface area contributed by atoms with E-state index in [2.05, 4.69) is 31.0 Å². The van der Waals surface area contributed by atoms with Crippen molar-refractivity contribution >= 4 is 0 Å². The number of likely N-dealkylation sites (tertiary alicyclic amines) is 1. The topological polar surface area (TPSA) is 15.3 Å². The van der Waals surface area contributed by atoms with Crippen LogP contribution in [-0.4, -0.2) is 36.1 Å². The molecule has 1 heterocycles. The highest BCUT2D eigenvalue weighted by Gasteiger charge is 2.48. The van der Waals surface area contributed by atoms with E-state index in [0.717, 1.165) is 18.0 Å². The molecule has 20 heavy (non-hydrogen) atoms. The van der Waals surface area contributed by atoms with Crippen molar-refractivity contribution in [2.45, 2.75) is 90.3 Å². The molecule has 3 fully saturated rings. The van der Waals surface area contributed by atoms with Gasteiger partial charge in [-0.1, -0.05) is 33.6 Å². The summed E-state index contributed by atoms with van der Waals surface area (Å²) in [7, 11) is 0. The molecular formula is C18H34N2. The van der Waals surface area contributed by atoms with Crippen LogP contribution in [0.4, 0.5) is 0 Å². The summed E-state index contributed by atoms with van der Waals surface area (Å²) >= 11 is 0.